The van der Waals surface area contributed by atoms with E-state index in [2.05, 4.69) is 5.10 Å². The van der Waals surface area contributed by atoms with Gasteiger partial charge in [-0.05, 0) is 12.8 Å². The maximum atomic E-state index is 12.1. The molecule has 114 valence electrons. The topological polar surface area (TPSA) is 108 Å². The number of likely N-dealkylation sites (tertiary alicyclic amines) is 1. The number of piperidine rings is 1. The molecule has 1 aliphatic rings. The van der Waals surface area contributed by atoms with Crippen LogP contribution in [0.25, 0.3) is 0 Å². The molecule has 1 aromatic heterocycles. The van der Waals surface area contributed by atoms with Gasteiger partial charge in [0.1, 0.15) is 18.9 Å². The third-order valence-corrected chi connectivity index (χ3v) is 3.44. The fourth-order valence-electron chi connectivity index (χ4n) is 2.33. The summed E-state index contributed by atoms with van der Waals surface area (Å²) >= 11 is 0. The van der Waals surface area contributed by atoms with Gasteiger partial charge in [-0.2, -0.15) is 5.10 Å². The van der Waals surface area contributed by atoms with Crippen molar-refractivity contribution in [2.45, 2.75) is 19.4 Å². The second kappa shape index (κ2) is 6.33. The quantitative estimate of drug-likeness (QED) is 0.446. The Kier molecular flexibility index (Phi) is 4.51. The van der Waals surface area contributed by atoms with Gasteiger partial charge < -0.3 is 9.64 Å². The Balaban J connectivity index is 1.96. The van der Waals surface area contributed by atoms with E-state index >= 15 is 0 Å². The molecule has 0 N–H and O–H groups in total. The van der Waals surface area contributed by atoms with Crippen LogP contribution in [0.4, 0.5) is 5.69 Å². The molecule has 1 atom stereocenters. The lowest BCUT2D eigenvalue weighted by Crippen LogP contribution is -2.44. The maximum absolute atomic E-state index is 12.1. The first-order valence-corrected chi connectivity index (χ1v) is 6.53. The highest BCUT2D eigenvalue weighted by Crippen LogP contribution is 2.18. The first-order valence-electron chi connectivity index (χ1n) is 6.53. The Morgan fingerprint density at radius 3 is 2.95 bits per heavy atom. The lowest BCUT2D eigenvalue weighted by atomic mass is 9.98. The normalized spacial score (nSPS) is 18.3. The van der Waals surface area contributed by atoms with Gasteiger partial charge in [0, 0.05) is 13.1 Å². The van der Waals surface area contributed by atoms with Crippen LogP contribution in [0.15, 0.2) is 12.4 Å². The Morgan fingerprint density at radius 2 is 2.33 bits per heavy atom. The van der Waals surface area contributed by atoms with Crippen molar-refractivity contribution in [2.24, 2.45) is 5.92 Å². The Morgan fingerprint density at radius 1 is 1.57 bits per heavy atom. The molecular weight excluding hydrogens is 280 g/mol. The monoisotopic (exact) mass is 296 g/mol. The molecule has 0 bridgehead atoms. The molecule has 9 nitrogen and oxygen atoms in total. The number of nitrogens with zero attached hydrogens (tertiary/aromatic N) is 4. The standard InChI is InChI=1S/C12H16N4O5/c1-21-12(18)9-3-2-4-14(6-9)11(17)8-15-7-10(5-13-15)16(19)20/h5,7,9H,2-4,6,8H2,1H3. The molecule has 9 heteroatoms. The number of carbonyl (C=O) groups is 2. The molecule has 0 spiro atoms. The molecule has 1 amide bonds. The molecule has 21 heavy (non-hydrogen) atoms. The van der Waals surface area contributed by atoms with Crippen LogP contribution in [0.2, 0.25) is 0 Å². The van der Waals surface area contributed by atoms with E-state index in [4.69, 9.17) is 4.74 Å². The van der Waals surface area contributed by atoms with E-state index in [-0.39, 0.29) is 30.0 Å². The van der Waals surface area contributed by atoms with Crippen molar-refractivity contribution in [3.05, 3.63) is 22.5 Å². The second-order valence-electron chi connectivity index (χ2n) is 4.86. The van der Waals surface area contributed by atoms with Crippen molar-refractivity contribution in [1.29, 1.82) is 0 Å². The number of amides is 1. The average Bonchev–Trinajstić information content (AvgIpc) is 2.95. The van der Waals surface area contributed by atoms with Crippen molar-refractivity contribution in [3.8, 4) is 0 Å². The number of hydrogen-bond acceptors (Lipinski definition) is 6. The minimum atomic E-state index is -0.567. The van der Waals surface area contributed by atoms with Gasteiger partial charge in [-0.15, -0.1) is 0 Å². The Labute approximate surface area is 120 Å². The van der Waals surface area contributed by atoms with E-state index in [0.29, 0.717) is 19.5 Å². The van der Waals surface area contributed by atoms with E-state index in [9.17, 15) is 19.7 Å². The van der Waals surface area contributed by atoms with Crippen molar-refractivity contribution < 1.29 is 19.2 Å². The van der Waals surface area contributed by atoms with Gasteiger partial charge in [-0.1, -0.05) is 0 Å². The van der Waals surface area contributed by atoms with E-state index in [1.165, 1.54) is 18.0 Å². The molecule has 0 aromatic carbocycles. The molecule has 2 rings (SSSR count). The van der Waals surface area contributed by atoms with Gasteiger partial charge in [-0.25, -0.2) is 0 Å². The molecule has 0 radical (unpaired) electrons. The highest BCUT2D eigenvalue weighted by molar-refractivity contribution is 5.78. The molecular formula is C12H16N4O5. The molecule has 1 aliphatic heterocycles. The van der Waals surface area contributed by atoms with Crippen molar-refractivity contribution in [1.82, 2.24) is 14.7 Å². The van der Waals surface area contributed by atoms with Gasteiger partial charge in [-0.3, -0.25) is 24.4 Å². The van der Waals surface area contributed by atoms with Crippen LogP contribution in [0.5, 0.6) is 0 Å². The van der Waals surface area contributed by atoms with Gasteiger partial charge in [0.25, 0.3) is 0 Å². The number of ether oxygens (including phenoxy) is 1. The van der Waals surface area contributed by atoms with Crippen LogP contribution < -0.4 is 0 Å². The fraction of sp³-hybridized carbons (Fsp3) is 0.583. The molecule has 1 aromatic rings. The number of carbonyl (C=O) groups excluding carboxylic acids is 2. The lowest BCUT2D eigenvalue weighted by molar-refractivity contribution is -0.385. The van der Waals surface area contributed by atoms with E-state index in [0.717, 1.165) is 12.6 Å². The summed E-state index contributed by atoms with van der Waals surface area (Å²) in [4.78, 5) is 35.2. The van der Waals surface area contributed by atoms with Crippen molar-refractivity contribution in [2.75, 3.05) is 20.2 Å². The summed E-state index contributed by atoms with van der Waals surface area (Å²) < 4.78 is 5.92. The number of nitro groups is 1. The van der Waals surface area contributed by atoms with Crippen LogP contribution in [-0.4, -0.2) is 51.7 Å². The summed E-state index contributed by atoms with van der Waals surface area (Å²) in [5.41, 5.74) is -0.158. The van der Waals surface area contributed by atoms with Gasteiger partial charge in [0.05, 0.1) is 18.0 Å². The van der Waals surface area contributed by atoms with Crippen molar-refractivity contribution in [3.63, 3.8) is 0 Å². The number of rotatable bonds is 4. The summed E-state index contributed by atoms with van der Waals surface area (Å²) in [5.74, 6) is -0.844. The highest BCUT2D eigenvalue weighted by Gasteiger charge is 2.29. The molecule has 1 fully saturated rings. The predicted octanol–water partition coefficient (Wildman–Crippen LogP) is 0.203. The zero-order chi connectivity index (χ0) is 15.4. The predicted molar refractivity (Wildman–Crippen MR) is 70.2 cm³/mol. The Hall–Kier alpha value is -2.45. The summed E-state index contributed by atoms with van der Waals surface area (Å²) in [6.45, 7) is 0.798. The SMILES string of the molecule is COC(=O)C1CCCN(C(=O)Cn2cc([N+](=O)[O-])cn2)C1. The summed E-state index contributed by atoms with van der Waals surface area (Å²) in [6, 6.07) is 0. The van der Waals surface area contributed by atoms with Gasteiger partial charge in [0.15, 0.2) is 0 Å². The third kappa shape index (κ3) is 3.56. The van der Waals surface area contributed by atoms with E-state index in [1.807, 2.05) is 0 Å². The number of esters is 1. The number of aromatic nitrogens is 2. The summed E-state index contributed by atoms with van der Waals surface area (Å²) in [5, 5.41) is 14.3. The fourth-order valence-corrected chi connectivity index (χ4v) is 2.33. The van der Waals surface area contributed by atoms with Crippen LogP contribution in [0, 0.1) is 16.0 Å². The van der Waals surface area contributed by atoms with Crippen LogP contribution >= 0.6 is 0 Å². The maximum Gasteiger partial charge on any atom is 0.310 e. The largest absolute Gasteiger partial charge is 0.469 e. The summed E-state index contributed by atoms with van der Waals surface area (Å²) in [7, 11) is 1.33. The molecule has 1 unspecified atom stereocenters. The zero-order valence-corrected chi connectivity index (χ0v) is 11.6. The lowest BCUT2D eigenvalue weighted by Gasteiger charge is -2.31. The first kappa shape index (κ1) is 14.9. The van der Waals surface area contributed by atoms with Crippen LogP contribution in [0.1, 0.15) is 12.8 Å². The number of methoxy groups -OCH3 is 1. The van der Waals surface area contributed by atoms with Crippen LogP contribution in [0.3, 0.4) is 0 Å². The zero-order valence-electron chi connectivity index (χ0n) is 11.6. The molecule has 2 heterocycles. The average molecular weight is 296 g/mol. The van der Waals surface area contributed by atoms with Crippen LogP contribution in [-0.2, 0) is 20.9 Å². The summed E-state index contributed by atoms with van der Waals surface area (Å²) in [6.07, 6.45) is 3.73. The van der Waals surface area contributed by atoms with E-state index in [1.54, 1.807) is 4.90 Å². The first-order chi connectivity index (χ1) is 10.0. The minimum absolute atomic E-state index is 0.0816. The smallest absolute Gasteiger partial charge is 0.310 e. The second-order valence-corrected chi connectivity index (χ2v) is 4.86. The highest BCUT2D eigenvalue weighted by atomic mass is 16.6. The minimum Gasteiger partial charge on any atom is -0.469 e. The third-order valence-electron chi connectivity index (χ3n) is 3.44. The number of hydrogen-bond donors (Lipinski definition) is 0. The molecule has 1 saturated heterocycles. The van der Waals surface area contributed by atoms with Gasteiger partial charge in [0.2, 0.25) is 5.91 Å². The molecule has 0 saturated carbocycles. The molecule has 0 aliphatic carbocycles. The van der Waals surface area contributed by atoms with Gasteiger partial charge >= 0.3 is 11.7 Å². The van der Waals surface area contributed by atoms with E-state index < -0.39 is 4.92 Å². The Bertz CT molecular complexity index is 556. The van der Waals surface area contributed by atoms with Crippen molar-refractivity contribution >= 4 is 17.6 Å².